The van der Waals surface area contributed by atoms with Crippen LogP contribution in [-0.4, -0.2) is 41.7 Å². The fourth-order valence-corrected chi connectivity index (χ4v) is 4.02. The largest absolute Gasteiger partial charge is 0.512 e. The van der Waals surface area contributed by atoms with Crippen molar-refractivity contribution in [3.63, 3.8) is 0 Å². The van der Waals surface area contributed by atoms with Gasteiger partial charge in [0.25, 0.3) is 0 Å². The molecule has 0 amide bonds. The smallest absolute Gasteiger partial charge is 0.0930 e. The molecule has 16 heavy (non-hydrogen) atoms. The number of likely N-dealkylation sites (tertiary alicyclic amines) is 2. The van der Waals surface area contributed by atoms with Crippen LogP contribution in [0.5, 0.6) is 0 Å². The van der Waals surface area contributed by atoms with Crippen LogP contribution in [0.1, 0.15) is 19.8 Å². The first-order valence-corrected chi connectivity index (χ1v) is 6.07. The molecule has 3 nitrogen and oxygen atoms in total. The second kappa shape index (κ2) is 3.04. The number of aliphatic hydroxyl groups is 1. The van der Waals surface area contributed by atoms with Crippen molar-refractivity contribution in [2.45, 2.75) is 25.9 Å². The van der Waals surface area contributed by atoms with Gasteiger partial charge in [-0.1, -0.05) is 6.92 Å². The molecular weight excluding hydrogens is 200 g/mol. The van der Waals surface area contributed by atoms with E-state index in [1.807, 2.05) is 6.08 Å². The highest BCUT2D eigenvalue weighted by atomic mass is 16.3. The van der Waals surface area contributed by atoms with Gasteiger partial charge in [-0.3, -0.25) is 4.90 Å². The molecule has 0 bridgehead atoms. The lowest BCUT2D eigenvalue weighted by molar-refractivity contribution is 0.105. The maximum atomic E-state index is 9.73. The van der Waals surface area contributed by atoms with E-state index in [9.17, 15) is 5.11 Å². The molecule has 0 aromatic rings. The SMILES string of the molecule is CN1CCC2(C)C3CC(O)=CC=C3N(C)C12. The summed E-state index contributed by atoms with van der Waals surface area (Å²) in [7, 11) is 4.39. The van der Waals surface area contributed by atoms with E-state index in [4.69, 9.17) is 0 Å². The Kier molecular flexibility index (Phi) is 1.94. The second-order valence-corrected chi connectivity index (χ2v) is 5.73. The average molecular weight is 220 g/mol. The van der Waals surface area contributed by atoms with Crippen molar-refractivity contribution in [2.24, 2.45) is 11.3 Å². The Labute approximate surface area is 97.0 Å². The van der Waals surface area contributed by atoms with Gasteiger partial charge in [-0.05, 0) is 25.6 Å². The molecule has 2 heterocycles. The fraction of sp³-hybridized carbons (Fsp3) is 0.692. The molecule has 0 aromatic heterocycles. The number of hydrogen-bond donors (Lipinski definition) is 1. The van der Waals surface area contributed by atoms with Gasteiger partial charge in [-0.15, -0.1) is 0 Å². The van der Waals surface area contributed by atoms with Crippen molar-refractivity contribution in [1.82, 2.24) is 9.80 Å². The minimum Gasteiger partial charge on any atom is -0.512 e. The molecule has 1 N–H and O–H groups in total. The molecule has 3 rings (SSSR count). The highest BCUT2D eigenvalue weighted by molar-refractivity contribution is 5.31. The molecule has 3 heteroatoms. The minimum absolute atomic E-state index is 0.303. The van der Waals surface area contributed by atoms with E-state index < -0.39 is 0 Å². The minimum atomic E-state index is 0.303. The normalized spacial score (nSPS) is 42.8. The van der Waals surface area contributed by atoms with Gasteiger partial charge in [-0.2, -0.15) is 0 Å². The summed E-state index contributed by atoms with van der Waals surface area (Å²) in [6.07, 6.45) is 6.50. The van der Waals surface area contributed by atoms with Gasteiger partial charge in [0.2, 0.25) is 0 Å². The van der Waals surface area contributed by atoms with Crippen molar-refractivity contribution >= 4 is 0 Å². The lowest BCUT2D eigenvalue weighted by atomic mass is 9.73. The van der Waals surface area contributed by atoms with Gasteiger partial charge in [0.15, 0.2) is 0 Å². The maximum Gasteiger partial charge on any atom is 0.0930 e. The highest BCUT2D eigenvalue weighted by Gasteiger charge is 2.57. The zero-order chi connectivity index (χ0) is 11.5. The first kappa shape index (κ1) is 10.2. The van der Waals surface area contributed by atoms with Crippen LogP contribution in [0.3, 0.4) is 0 Å². The third-order valence-corrected chi connectivity index (χ3v) is 4.80. The predicted octanol–water partition coefficient (Wildman–Crippen LogP) is 1.95. The van der Waals surface area contributed by atoms with Crippen LogP contribution in [0.2, 0.25) is 0 Å². The maximum absolute atomic E-state index is 9.73. The van der Waals surface area contributed by atoms with Crippen molar-refractivity contribution in [3.8, 4) is 0 Å². The molecule has 0 aromatic carbocycles. The second-order valence-electron chi connectivity index (χ2n) is 5.73. The third kappa shape index (κ3) is 1.07. The van der Waals surface area contributed by atoms with E-state index in [1.165, 1.54) is 18.7 Å². The molecular formula is C13H20N2O. The van der Waals surface area contributed by atoms with E-state index in [0.717, 1.165) is 6.42 Å². The van der Waals surface area contributed by atoms with E-state index in [1.54, 1.807) is 0 Å². The number of hydrogen-bond acceptors (Lipinski definition) is 3. The van der Waals surface area contributed by atoms with Gasteiger partial charge in [0.05, 0.1) is 11.9 Å². The average Bonchev–Trinajstić information content (AvgIpc) is 2.65. The monoisotopic (exact) mass is 220 g/mol. The van der Waals surface area contributed by atoms with Crippen LogP contribution < -0.4 is 0 Å². The van der Waals surface area contributed by atoms with Crippen LogP contribution in [0.25, 0.3) is 0 Å². The summed E-state index contributed by atoms with van der Waals surface area (Å²) in [4.78, 5) is 4.84. The first-order chi connectivity index (χ1) is 7.54. The number of nitrogens with zero attached hydrogens (tertiary/aromatic N) is 2. The quantitative estimate of drug-likeness (QED) is 0.676. The Morgan fingerprint density at radius 1 is 1.38 bits per heavy atom. The third-order valence-electron chi connectivity index (χ3n) is 4.80. The molecule has 0 saturated carbocycles. The summed E-state index contributed by atoms with van der Waals surface area (Å²) >= 11 is 0. The van der Waals surface area contributed by atoms with Crippen LogP contribution in [0, 0.1) is 11.3 Å². The summed E-state index contributed by atoms with van der Waals surface area (Å²) in [6, 6.07) is 0. The predicted molar refractivity (Wildman–Crippen MR) is 63.8 cm³/mol. The lowest BCUT2D eigenvalue weighted by Crippen LogP contribution is -2.41. The van der Waals surface area contributed by atoms with Crippen molar-refractivity contribution < 1.29 is 5.11 Å². The molecule has 2 saturated heterocycles. The Balaban J connectivity index is 2.04. The summed E-state index contributed by atoms with van der Waals surface area (Å²) in [5, 5.41) is 9.73. The fourth-order valence-electron chi connectivity index (χ4n) is 4.02. The van der Waals surface area contributed by atoms with Crippen LogP contribution in [0.4, 0.5) is 0 Å². The standard InChI is InChI=1S/C13H20N2O/c1-13-6-7-14(2)12(13)15(3)11-5-4-9(16)8-10(11)13/h4-5,10,12,16H,6-8H2,1-3H3. The first-order valence-electron chi connectivity index (χ1n) is 6.07. The van der Waals surface area contributed by atoms with E-state index in [0.29, 0.717) is 23.3 Å². The van der Waals surface area contributed by atoms with Gasteiger partial charge >= 0.3 is 0 Å². The molecule has 3 unspecified atom stereocenters. The molecule has 0 radical (unpaired) electrons. The zero-order valence-electron chi connectivity index (χ0n) is 10.3. The van der Waals surface area contributed by atoms with E-state index in [2.05, 4.69) is 36.9 Å². The Morgan fingerprint density at radius 2 is 2.12 bits per heavy atom. The van der Waals surface area contributed by atoms with Gasteiger partial charge in [0.1, 0.15) is 0 Å². The number of aliphatic hydroxyl groups excluding tert-OH is 1. The van der Waals surface area contributed by atoms with Crippen molar-refractivity contribution in [1.29, 1.82) is 0 Å². The van der Waals surface area contributed by atoms with Gasteiger partial charge in [-0.25, -0.2) is 0 Å². The topological polar surface area (TPSA) is 26.7 Å². The Morgan fingerprint density at radius 3 is 2.88 bits per heavy atom. The van der Waals surface area contributed by atoms with Crippen LogP contribution in [-0.2, 0) is 0 Å². The van der Waals surface area contributed by atoms with E-state index in [-0.39, 0.29) is 0 Å². The lowest BCUT2D eigenvalue weighted by Gasteiger charge is -2.32. The number of fused-ring (bicyclic) bond motifs is 3. The Bertz CT molecular complexity index is 387. The summed E-state index contributed by atoms with van der Waals surface area (Å²) in [5.74, 6) is 1.04. The summed E-state index contributed by atoms with van der Waals surface area (Å²) < 4.78 is 0. The zero-order valence-corrected chi connectivity index (χ0v) is 10.3. The van der Waals surface area contributed by atoms with Crippen molar-refractivity contribution in [2.75, 3.05) is 20.6 Å². The molecule has 2 aliphatic heterocycles. The Hall–Kier alpha value is -0.960. The number of allylic oxidation sites excluding steroid dienone is 4. The molecule has 3 aliphatic rings. The molecule has 2 fully saturated rings. The molecule has 3 atom stereocenters. The highest BCUT2D eigenvalue weighted by Crippen LogP contribution is 2.56. The number of rotatable bonds is 0. The van der Waals surface area contributed by atoms with Gasteiger partial charge < -0.3 is 10.0 Å². The van der Waals surface area contributed by atoms with Crippen LogP contribution in [0.15, 0.2) is 23.6 Å². The molecule has 1 aliphatic carbocycles. The summed E-state index contributed by atoms with van der Waals surface area (Å²) in [5.41, 5.74) is 1.70. The summed E-state index contributed by atoms with van der Waals surface area (Å²) in [6.45, 7) is 3.54. The molecule has 0 spiro atoms. The van der Waals surface area contributed by atoms with Crippen LogP contribution >= 0.6 is 0 Å². The van der Waals surface area contributed by atoms with Crippen molar-refractivity contribution in [3.05, 3.63) is 23.6 Å². The van der Waals surface area contributed by atoms with E-state index >= 15 is 0 Å². The van der Waals surface area contributed by atoms with Gasteiger partial charge in [0, 0.05) is 37.0 Å². The molecule has 88 valence electrons.